The van der Waals surface area contributed by atoms with Crippen LogP contribution in [0.3, 0.4) is 0 Å². The fourth-order valence-corrected chi connectivity index (χ4v) is 4.26. The quantitative estimate of drug-likeness (QED) is 0.260. The van der Waals surface area contributed by atoms with Gasteiger partial charge in [0.1, 0.15) is 6.10 Å². The molecule has 0 N–H and O–H groups in total. The number of alkyl halides is 3. The van der Waals surface area contributed by atoms with E-state index in [0.717, 1.165) is 34.6 Å². The number of ether oxygens (including phenoxy) is 2. The van der Waals surface area contributed by atoms with E-state index in [4.69, 9.17) is 21.1 Å². The standard InChI is InChI=1S/C27H24ClF3N2O3/c1-2-35-26(34)12-8-19-15-18(22-5-3-4-6-23(22)28)7-10-24(19)33-14-13-21(17-33)36-25-11-9-20(16-32-25)27(29,30)31/h3-12,15-16,21H,2,13-14,17H2,1H3/b12-8+. The van der Waals surface area contributed by atoms with E-state index in [9.17, 15) is 18.0 Å². The van der Waals surface area contributed by atoms with Crippen LogP contribution in [0.4, 0.5) is 18.9 Å². The summed E-state index contributed by atoms with van der Waals surface area (Å²) in [4.78, 5) is 17.9. The van der Waals surface area contributed by atoms with Crippen LogP contribution in [0.1, 0.15) is 24.5 Å². The lowest BCUT2D eigenvalue weighted by molar-refractivity contribution is -0.138. The molecule has 0 bridgehead atoms. The topological polar surface area (TPSA) is 51.7 Å². The first-order valence-corrected chi connectivity index (χ1v) is 11.8. The fraction of sp³-hybridized carbons (Fsp3) is 0.259. The number of hydrogen-bond donors (Lipinski definition) is 0. The molecule has 36 heavy (non-hydrogen) atoms. The number of pyridine rings is 1. The molecule has 0 radical (unpaired) electrons. The highest BCUT2D eigenvalue weighted by Gasteiger charge is 2.31. The summed E-state index contributed by atoms with van der Waals surface area (Å²) in [6, 6.07) is 15.6. The molecule has 3 aromatic rings. The Morgan fingerprint density at radius 1 is 1.19 bits per heavy atom. The average molecular weight is 517 g/mol. The first kappa shape index (κ1) is 25.6. The Bertz CT molecular complexity index is 1250. The summed E-state index contributed by atoms with van der Waals surface area (Å²) in [5.74, 6) is -0.297. The van der Waals surface area contributed by atoms with Crippen LogP contribution in [0.15, 0.2) is 66.9 Å². The summed E-state index contributed by atoms with van der Waals surface area (Å²) in [5.41, 5.74) is 2.63. The molecule has 1 fully saturated rings. The third kappa shape index (κ3) is 6.18. The van der Waals surface area contributed by atoms with Gasteiger partial charge in [0.2, 0.25) is 5.88 Å². The lowest BCUT2D eigenvalue weighted by atomic mass is 10.0. The van der Waals surface area contributed by atoms with Crippen molar-refractivity contribution in [1.82, 2.24) is 4.98 Å². The largest absolute Gasteiger partial charge is 0.472 e. The second kappa shape index (κ2) is 11.0. The molecular formula is C27H24ClF3N2O3. The number of carbonyl (C=O) groups excluding carboxylic acids is 1. The first-order valence-electron chi connectivity index (χ1n) is 11.4. The lowest BCUT2D eigenvalue weighted by Crippen LogP contribution is -2.25. The van der Waals surface area contributed by atoms with Gasteiger partial charge >= 0.3 is 12.1 Å². The third-order valence-corrected chi connectivity index (χ3v) is 6.06. The highest BCUT2D eigenvalue weighted by molar-refractivity contribution is 6.33. The fourth-order valence-electron chi connectivity index (χ4n) is 4.02. The summed E-state index contributed by atoms with van der Waals surface area (Å²) in [6.45, 7) is 3.19. The Morgan fingerprint density at radius 2 is 2.00 bits per heavy atom. The van der Waals surface area contributed by atoms with Gasteiger partial charge in [-0.25, -0.2) is 9.78 Å². The van der Waals surface area contributed by atoms with E-state index in [2.05, 4.69) is 9.88 Å². The Hall–Kier alpha value is -3.52. The van der Waals surface area contributed by atoms with Crippen LogP contribution in [0.2, 0.25) is 5.02 Å². The molecule has 5 nitrogen and oxygen atoms in total. The summed E-state index contributed by atoms with van der Waals surface area (Å²) < 4.78 is 49.2. The van der Waals surface area contributed by atoms with Gasteiger partial charge in [-0.3, -0.25) is 0 Å². The van der Waals surface area contributed by atoms with E-state index in [-0.39, 0.29) is 18.6 Å². The monoisotopic (exact) mass is 516 g/mol. The molecule has 188 valence electrons. The number of anilines is 1. The zero-order valence-corrected chi connectivity index (χ0v) is 20.2. The molecule has 0 spiro atoms. The van der Waals surface area contributed by atoms with Crippen molar-refractivity contribution in [3.05, 3.63) is 83.0 Å². The molecule has 0 amide bonds. The predicted molar refractivity (Wildman–Crippen MR) is 133 cm³/mol. The number of rotatable bonds is 7. The molecule has 9 heteroatoms. The third-order valence-electron chi connectivity index (χ3n) is 5.73. The van der Waals surface area contributed by atoms with Crippen molar-refractivity contribution in [3.8, 4) is 17.0 Å². The molecule has 1 aliphatic rings. The maximum absolute atomic E-state index is 12.8. The Balaban J connectivity index is 1.55. The van der Waals surface area contributed by atoms with Crippen molar-refractivity contribution in [2.75, 3.05) is 24.6 Å². The number of aromatic nitrogens is 1. The van der Waals surface area contributed by atoms with Crippen LogP contribution in [0.25, 0.3) is 17.2 Å². The van der Waals surface area contributed by atoms with Gasteiger partial charge in [-0.2, -0.15) is 13.2 Å². The molecule has 1 saturated heterocycles. The second-order valence-corrected chi connectivity index (χ2v) is 8.60. The Morgan fingerprint density at radius 3 is 2.69 bits per heavy atom. The molecule has 0 saturated carbocycles. The van der Waals surface area contributed by atoms with E-state index in [1.54, 1.807) is 13.0 Å². The molecule has 1 aromatic heterocycles. The molecule has 1 atom stereocenters. The van der Waals surface area contributed by atoms with Crippen molar-refractivity contribution in [2.45, 2.75) is 25.6 Å². The van der Waals surface area contributed by atoms with Gasteiger partial charge in [0.25, 0.3) is 0 Å². The average Bonchev–Trinajstić information content (AvgIpc) is 3.31. The SMILES string of the molecule is CCOC(=O)/C=C/c1cc(-c2ccccc2Cl)ccc1N1CCC(Oc2ccc(C(F)(F)F)cn2)C1. The van der Waals surface area contributed by atoms with Crippen molar-refractivity contribution in [2.24, 2.45) is 0 Å². The van der Waals surface area contributed by atoms with Crippen molar-refractivity contribution < 1.29 is 27.4 Å². The van der Waals surface area contributed by atoms with Gasteiger partial charge in [-0.1, -0.05) is 35.9 Å². The zero-order chi connectivity index (χ0) is 25.7. The van der Waals surface area contributed by atoms with E-state index in [0.29, 0.717) is 24.5 Å². The van der Waals surface area contributed by atoms with Gasteiger partial charge in [-0.15, -0.1) is 0 Å². The number of carbonyl (C=O) groups is 1. The van der Waals surface area contributed by atoms with Crippen LogP contribution in [-0.2, 0) is 15.7 Å². The zero-order valence-electron chi connectivity index (χ0n) is 19.5. The van der Waals surface area contributed by atoms with Gasteiger partial charge in [0.15, 0.2) is 0 Å². The van der Waals surface area contributed by atoms with Crippen LogP contribution in [0.5, 0.6) is 5.88 Å². The minimum atomic E-state index is -4.45. The number of nitrogens with zero attached hydrogens (tertiary/aromatic N) is 2. The lowest BCUT2D eigenvalue weighted by Gasteiger charge is -2.22. The van der Waals surface area contributed by atoms with Crippen LogP contribution in [0, 0.1) is 0 Å². The van der Waals surface area contributed by atoms with Crippen LogP contribution < -0.4 is 9.64 Å². The van der Waals surface area contributed by atoms with Crippen molar-refractivity contribution in [3.63, 3.8) is 0 Å². The minimum Gasteiger partial charge on any atom is -0.472 e. The summed E-state index contributed by atoms with van der Waals surface area (Å²) in [6.07, 6.45) is -0.170. The van der Waals surface area contributed by atoms with Gasteiger partial charge in [-0.05, 0) is 48.4 Å². The molecule has 2 aromatic carbocycles. The maximum Gasteiger partial charge on any atom is 0.417 e. The van der Waals surface area contributed by atoms with Crippen molar-refractivity contribution in [1.29, 1.82) is 0 Å². The van der Waals surface area contributed by atoms with E-state index in [1.165, 1.54) is 12.1 Å². The van der Waals surface area contributed by atoms with Gasteiger partial charge in [0.05, 0.1) is 18.7 Å². The van der Waals surface area contributed by atoms with Crippen LogP contribution >= 0.6 is 11.6 Å². The maximum atomic E-state index is 12.8. The number of benzene rings is 2. The Labute approximate surface area is 212 Å². The van der Waals surface area contributed by atoms with Gasteiger partial charge < -0.3 is 14.4 Å². The number of hydrogen-bond acceptors (Lipinski definition) is 5. The number of esters is 1. The molecule has 2 heterocycles. The normalized spacial score (nSPS) is 15.9. The molecule has 1 unspecified atom stereocenters. The first-order chi connectivity index (χ1) is 17.2. The number of halogens is 4. The molecular weight excluding hydrogens is 493 g/mol. The minimum absolute atomic E-state index is 0.145. The van der Waals surface area contributed by atoms with Crippen LogP contribution in [-0.4, -0.2) is 36.8 Å². The second-order valence-electron chi connectivity index (χ2n) is 8.20. The smallest absolute Gasteiger partial charge is 0.417 e. The van der Waals surface area contributed by atoms with E-state index < -0.39 is 17.7 Å². The van der Waals surface area contributed by atoms with E-state index >= 15 is 0 Å². The highest BCUT2D eigenvalue weighted by atomic mass is 35.5. The summed E-state index contributed by atoms with van der Waals surface area (Å²) >= 11 is 6.39. The highest BCUT2D eigenvalue weighted by Crippen LogP contribution is 2.34. The Kier molecular flexibility index (Phi) is 7.84. The summed E-state index contributed by atoms with van der Waals surface area (Å²) in [7, 11) is 0. The van der Waals surface area contributed by atoms with E-state index in [1.807, 2.05) is 42.5 Å². The molecule has 0 aliphatic carbocycles. The molecule has 1 aliphatic heterocycles. The summed E-state index contributed by atoms with van der Waals surface area (Å²) in [5, 5.41) is 0.615. The van der Waals surface area contributed by atoms with Gasteiger partial charge in [0, 0.05) is 47.6 Å². The van der Waals surface area contributed by atoms with Crippen molar-refractivity contribution >= 4 is 29.3 Å². The molecule has 4 rings (SSSR count). The predicted octanol–water partition coefficient (Wildman–Crippen LogP) is 6.65.